The smallest absolute Gasteiger partial charge is 0.412 e. The van der Waals surface area contributed by atoms with Crippen molar-refractivity contribution in [3.8, 4) is 5.75 Å². The van der Waals surface area contributed by atoms with Crippen LogP contribution in [0.3, 0.4) is 0 Å². The molecule has 21 heavy (non-hydrogen) atoms. The number of ether oxygens (including phenoxy) is 2. The Labute approximate surface area is 126 Å². The number of carbonyl (C=O) groups is 1. The van der Waals surface area contributed by atoms with Gasteiger partial charge in [0, 0.05) is 5.56 Å². The molecule has 0 aliphatic rings. The van der Waals surface area contributed by atoms with Crippen molar-refractivity contribution in [2.24, 2.45) is 5.73 Å². The second kappa shape index (κ2) is 7.13. The van der Waals surface area contributed by atoms with Gasteiger partial charge in [0.1, 0.15) is 11.4 Å². The maximum atomic E-state index is 11.9. The maximum Gasteiger partial charge on any atom is 0.412 e. The fraction of sp³-hybridized carbons (Fsp3) is 0.438. The first-order valence-electron chi connectivity index (χ1n) is 6.83. The van der Waals surface area contributed by atoms with E-state index < -0.39 is 11.7 Å². The minimum Gasteiger partial charge on any atom is -0.497 e. The van der Waals surface area contributed by atoms with Crippen LogP contribution in [0.15, 0.2) is 24.8 Å². The number of anilines is 1. The summed E-state index contributed by atoms with van der Waals surface area (Å²) in [7, 11) is 1.59. The van der Waals surface area contributed by atoms with Crippen LogP contribution in [0.1, 0.15) is 32.8 Å². The van der Waals surface area contributed by atoms with Gasteiger partial charge in [0.05, 0.1) is 12.8 Å². The SMILES string of the molecule is C=C(CCN)c1cc(OC)ccc1NC(=O)OC(C)(C)C. The summed E-state index contributed by atoms with van der Waals surface area (Å²) >= 11 is 0. The topological polar surface area (TPSA) is 73.6 Å². The van der Waals surface area contributed by atoms with Gasteiger partial charge in [0.2, 0.25) is 0 Å². The van der Waals surface area contributed by atoms with Crippen molar-refractivity contribution in [3.05, 3.63) is 30.3 Å². The van der Waals surface area contributed by atoms with Crippen LogP contribution in [-0.2, 0) is 4.74 Å². The largest absolute Gasteiger partial charge is 0.497 e. The molecule has 1 aromatic carbocycles. The van der Waals surface area contributed by atoms with Crippen LogP contribution in [0.25, 0.3) is 5.57 Å². The molecule has 0 fully saturated rings. The Kier molecular flexibility index (Phi) is 5.79. The molecule has 116 valence electrons. The van der Waals surface area contributed by atoms with Crippen LogP contribution in [0, 0.1) is 0 Å². The molecule has 1 amide bonds. The van der Waals surface area contributed by atoms with E-state index in [2.05, 4.69) is 11.9 Å². The number of hydrogen-bond donors (Lipinski definition) is 2. The van der Waals surface area contributed by atoms with Crippen molar-refractivity contribution in [2.75, 3.05) is 19.0 Å². The Morgan fingerprint density at radius 3 is 2.57 bits per heavy atom. The Morgan fingerprint density at radius 2 is 2.05 bits per heavy atom. The van der Waals surface area contributed by atoms with Crippen LogP contribution < -0.4 is 15.8 Å². The van der Waals surface area contributed by atoms with E-state index in [1.54, 1.807) is 19.2 Å². The fourth-order valence-corrected chi connectivity index (χ4v) is 1.77. The lowest BCUT2D eigenvalue weighted by Gasteiger charge is -2.21. The number of benzene rings is 1. The summed E-state index contributed by atoms with van der Waals surface area (Å²) in [6.45, 7) is 9.94. The van der Waals surface area contributed by atoms with Gasteiger partial charge in [-0.1, -0.05) is 6.58 Å². The van der Waals surface area contributed by atoms with Crippen LogP contribution in [-0.4, -0.2) is 25.3 Å². The van der Waals surface area contributed by atoms with Gasteiger partial charge in [0.15, 0.2) is 0 Å². The number of carbonyl (C=O) groups excluding carboxylic acids is 1. The molecule has 0 saturated carbocycles. The first-order chi connectivity index (χ1) is 9.76. The van der Waals surface area contributed by atoms with Gasteiger partial charge in [-0.25, -0.2) is 4.79 Å². The zero-order valence-corrected chi connectivity index (χ0v) is 13.2. The number of nitrogens with two attached hydrogens (primary N) is 1. The average Bonchev–Trinajstić information content (AvgIpc) is 2.37. The van der Waals surface area contributed by atoms with Gasteiger partial charge in [0.25, 0.3) is 0 Å². The van der Waals surface area contributed by atoms with Crippen LogP contribution in [0.4, 0.5) is 10.5 Å². The van der Waals surface area contributed by atoms with E-state index in [0.29, 0.717) is 24.4 Å². The van der Waals surface area contributed by atoms with Crippen molar-refractivity contribution in [3.63, 3.8) is 0 Å². The highest BCUT2D eigenvalue weighted by atomic mass is 16.6. The molecule has 0 aliphatic carbocycles. The summed E-state index contributed by atoms with van der Waals surface area (Å²) in [6.07, 6.45) is 0.130. The second-order valence-electron chi connectivity index (χ2n) is 5.68. The van der Waals surface area contributed by atoms with Crippen molar-refractivity contribution in [1.29, 1.82) is 0 Å². The first-order valence-corrected chi connectivity index (χ1v) is 6.83. The molecule has 0 saturated heterocycles. The van der Waals surface area contributed by atoms with Crippen LogP contribution >= 0.6 is 0 Å². The maximum absolute atomic E-state index is 11.9. The lowest BCUT2D eigenvalue weighted by atomic mass is 10.0. The monoisotopic (exact) mass is 292 g/mol. The molecule has 0 heterocycles. The van der Waals surface area contributed by atoms with Crippen molar-refractivity contribution < 1.29 is 14.3 Å². The highest BCUT2D eigenvalue weighted by Gasteiger charge is 2.18. The molecule has 0 radical (unpaired) electrons. The average molecular weight is 292 g/mol. The zero-order chi connectivity index (χ0) is 16.0. The molecule has 5 nitrogen and oxygen atoms in total. The molecular weight excluding hydrogens is 268 g/mol. The summed E-state index contributed by atoms with van der Waals surface area (Å²) in [5, 5.41) is 2.74. The van der Waals surface area contributed by atoms with E-state index >= 15 is 0 Å². The molecule has 5 heteroatoms. The highest BCUT2D eigenvalue weighted by Crippen LogP contribution is 2.29. The number of nitrogens with one attached hydrogen (secondary N) is 1. The van der Waals surface area contributed by atoms with E-state index in [1.165, 1.54) is 0 Å². The fourth-order valence-electron chi connectivity index (χ4n) is 1.77. The normalized spacial score (nSPS) is 10.9. The summed E-state index contributed by atoms with van der Waals surface area (Å²) in [4.78, 5) is 11.9. The Bertz CT molecular complexity index is 519. The van der Waals surface area contributed by atoms with Gasteiger partial charge in [-0.2, -0.15) is 0 Å². The molecule has 0 aromatic heterocycles. The van der Waals surface area contributed by atoms with Crippen molar-refractivity contribution in [2.45, 2.75) is 32.8 Å². The minimum atomic E-state index is -0.551. The van der Waals surface area contributed by atoms with E-state index in [1.807, 2.05) is 26.8 Å². The molecule has 0 aliphatic heterocycles. The lowest BCUT2D eigenvalue weighted by Crippen LogP contribution is -2.27. The molecule has 0 bridgehead atoms. The molecule has 3 N–H and O–H groups in total. The summed E-state index contributed by atoms with van der Waals surface area (Å²) < 4.78 is 10.5. The van der Waals surface area contributed by atoms with Crippen LogP contribution in [0.5, 0.6) is 5.75 Å². The van der Waals surface area contributed by atoms with Crippen molar-refractivity contribution in [1.82, 2.24) is 0 Å². The van der Waals surface area contributed by atoms with E-state index in [9.17, 15) is 4.79 Å². The number of hydrogen-bond acceptors (Lipinski definition) is 4. The molecule has 1 aromatic rings. The first kappa shape index (κ1) is 17.0. The van der Waals surface area contributed by atoms with E-state index in [4.69, 9.17) is 15.2 Å². The second-order valence-corrected chi connectivity index (χ2v) is 5.68. The summed E-state index contributed by atoms with van der Waals surface area (Å²) in [5.74, 6) is 0.693. The predicted molar refractivity (Wildman–Crippen MR) is 85.6 cm³/mol. The molecule has 0 spiro atoms. The third-order valence-electron chi connectivity index (χ3n) is 2.69. The Hall–Kier alpha value is -2.01. The van der Waals surface area contributed by atoms with Crippen molar-refractivity contribution >= 4 is 17.4 Å². The molecule has 1 rings (SSSR count). The van der Waals surface area contributed by atoms with Gasteiger partial charge in [-0.15, -0.1) is 0 Å². The van der Waals surface area contributed by atoms with Crippen LogP contribution in [0.2, 0.25) is 0 Å². The number of amides is 1. The van der Waals surface area contributed by atoms with E-state index in [-0.39, 0.29) is 0 Å². The lowest BCUT2D eigenvalue weighted by molar-refractivity contribution is 0.0636. The zero-order valence-electron chi connectivity index (χ0n) is 13.2. The third kappa shape index (κ3) is 5.47. The quantitative estimate of drug-likeness (QED) is 0.872. The molecule has 0 atom stereocenters. The van der Waals surface area contributed by atoms with Gasteiger partial charge < -0.3 is 15.2 Å². The summed E-state index contributed by atoms with van der Waals surface area (Å²) in [6, 6.07) is 5.36. The highest BCUT2D eigenvalue weighted by molar-refractivity contribution is 5.90. The molecular formula is C16H24N2O3. The predicted octanol–water partition coefficient (Wildman–Crippen LogP) is 3.40. The van der Waals surface area contributed by atoms with E-state index in [0.717, 1.165) is 11.1 Å². The van der Waals surface area contributed by atoms with Gasteiger partial charge in [-0.3, -0.25) is 5.32 Å². The minimum absolute atomic E-state index is 0.488. The third-order valence-corrected chi connectivity index (χ3v) is 2.69. The van der Waals surface area contributed by atoms with Gasteiger partial charge >= 0.3 is 6.09 Å². The number of rotatable bonds is 5. The Balaban J connectivity index is 3.00. The summed E-state index contributed by atoms with van der Waals surface area (Å²) in [5.41, 5.74) is 7.28. The Morgan fingerprint density at radius 1 is 1.38 bits per heavy atom. The standard InChI is InChI=1S/C16H24N2O3/c1-11(8-9-17)13-10-12(20-5)6-7-14(13)18-15(19)21-16(2,3)4/h6-7,10H,1,8-9,17H2,2-5H3,(H,18,19). The molecule has 0 unspecified atom stereocenters. The van der Waals surface area contributed by atoms with Gasteiger partial charge in [-0.05, 0) is 57.5 Å². The number of methoxy groups -OCH3 is 1.